The molecular weight excluding hydrogens is 266 g/mol. The molecule has 0 aromatic carbocycles. The first-order valence-electron chi connectivity index (χ1n) is 6.03. The Morgan fingerprint density at radius 2 is 1.69 bits per heavy atom. The van der Waals surface area contributed by atoms with Crippen LogP contribution in [0.25, 0.3) is 0 Å². The van der Waals surface area contributed by atoms with Crippen LogP contribution >= 0.6 is 15.9 Å². The molecule has 0 aliphatic heterocycles. The highest BCUT2D eigenvalue weighted by Crippen LogP contribution is 2.26. The van der Waals surface area contributed by atoms with Crippen LogP contribution in [0.1, 0.15) is 60.3 Å². The van der Waals surface area contributed by atoms with Gasteiger partial charge in [-0.05, 0) is 38.5 Å². The second kappa shape index (κ2) is 6.63. The molecule has 0 aliphatic rings. The normalized spacial score (nSPS) is 12.6. The number of hydrogen-bond acceptors (Lipinski definition) is 1. The molecular formula is C13H26BrNO. The Balaban J connectivity index is 4.00. The number of hydrogen-bond donors (Lipinski definition) is 1. The second-order valence-corrected chi connectivity index (χ2v) is 7.11. The number of halogens is 1. The number of alkyl halides is 1. The van der Waals surface area contributed by atoms with Gasteiger partial charge in [-0.2, -0.15) is 0 Å². The summed E-state index contributed by atoms with van der Waals surface area (Å²) in [7, 11) is 0. The van der Waals surface area contributed by atoms with E-state index in [2.05, 4.69) is 55.9 Å². The van der Waals surface area contributed by atoms with Gasteiger partial charge in [0.25, 0.3) is 0 Å². The summed E-state index contributed by atoms with van der Waals surface area (Å²) < 4.78 is 0. The van der Waals surface area contributed by atoms with Gasteiger partial charge in [0.15, 0.2) is 0 Å². The summed E-state index contributed by atoms with van der Waals surface area (Å²) in [6, 6.07) is 0. The Kier molecular flexibility index (Phi) is 6.61. The largest absolute Gasteiger partial charge is 0.351 e. The molecule has 0 aromatic rings. The predicted molar refractivity (Wildman–Crippen MR) is 73.9 cm³/mol. The van der Waals surface area contributed by atoms with E-state index in [1.807, 2.05) is 0 Å². The first-order valence-corrected chi connectivity index (χ1v) is 7.15. The first-order chi connectivity index (χ1) is 7.16. The Morgan fingerprint density at radius 3 is 2.12 bits per heavy atom. The van der Waals surface area contributed by atoms with Crippen molar-refractivity contribution in [3.05, 3.63) is 0 Å². The van der Waals surface area contributed by atoms with Crippen LogP contribution in [-0.2, 0) is 4.79 Å². The lowest BCUT2D eigenvalue weighted by Gasteiger charge is -2.33. The summed E-state index contributed by atoms with van der Waals surface area (Å²) in [4.78, 5) is 11.7. The summed E-state index contributed by atoms with van der Waals surface area (Å²) in [6.45, 7) is 10.8. The topological polar surface area (TPSA) is 29.1 Å². The molecule has 3 heteroatoms. The molecule has 0 unspecified atom stereocenters. The number of amides is 1. The van der Waals surface area contributed by atoms with Crippen molar-refractivity contribution in [1.82, 2.24) is 5.32 Å². The van der Waals surface area contributed by atoms with E-state index < -0.39 is 0 Å². The number of carbonyl (C=O) groups is 1. The van der Waals surface area contributed by atoms with Crippen molar-refractivity contribution >= 4 is 21.8 Å². The van der Waals surface area contributed by atoms with Crippen molar-refractivity contribution in [2.45, 2.75) is 65.8 Å². The van der Waals surface area contributed by atoms with Gasteiger partial charge in [0.2, 0.25) is 5.91 Å². The minimum Gasteiger partial charge on any atom is -0.351 e. The fourth-order valence-electron chi connectivity index (χ4n) is 2.19. The Bertz CT molecular complexity index is 218. The van der Waals surface area contributed by atoms with E-state index in [1.165, 1.54) is 0 Å². The monoisotopic (exact) mass is 291 g/mol. The molecule has 0 spiro atoms. The molecule has 0 aromatic heterocycles. The Labute approximate surface area is 109 Å². The molecule has 1 N–H and O–H groups in total. The van der Waals surface area contributed by atoms with Crippen LogP contribution in [0.4, 0.5) is 0 Å². The van der Waals surface area contributed by atoms with Gasteiger partial charge >= 0.3 is 0 Å². The molecule has 0 bridgehead atoms. The highest BCUT2D eigenvalue weighted by molar-refractivity contribution is 9.09. The van der Waals surface area contributed by atoms with Crippen LogP contribution in [-0.4, -0.2) is 16.8 Å². The van der Waals surface area contributed by atoms with Gasteiger partial charge in [-0.15, -0.1) is 0 Å². The summed E-state index contributed by atoms with van der Waals surface area (Å²) >= 11 is 3.37. The molecule has 0 saturated heterocycles. The molecule has 1 amide bonds. The zero-order valence-electron chi connectivity index (χ0n) is 11.3. The highest BCUT2D eigenvalue weighted by atomic mass is 79.9. The molecule has 96 valence electrons. The molecule has 0 aliphatic carbocycles. The number of unbranched alkanes of at least 4 members (excludes halogenated alkanes) is 1. The van der Waals surface area contributed by atoms with E-state index >= 15 is 0 Å². The van der Waals surface area contributed by atoms with Crippen molar-refractivity contribution in [3.63, 3.8) is 0 Å². The molecule has 0 radical (unpaired) electrons. The van der Waals surface area contributed by atoms with Crippen LogP contribution in [0.2, 0.25) is 0 Å². The molecule has 16 heavy (non-hydrogen) atoms. The van der Waals surface area contributed by atoms with E-state index in [1.54, 1.807) is 0 Å². The fraction of sp³-hybridized carbons (Fsp3) is 0.923. The molecule has 0 saturated carbocycles. The minimum atomic E-state index is -0.107. The van der Waals surface area contributed by atoms with Crippen molar-refractivity contribution in [3.8, 4) is 0 Å². The quantitative estimate of drug-likeness (QED) is 0.584. The lowest BCUT2D eigenvalue weighted by molar-refractivity contribution is -0.123. The Morgan fingerprint density at radius 1 is 1.12 bits per heavy atom. The molecule has 0 heterocycles. The Hall–Kier alpha value is -0.0500. The maximum atomic E-state index is 11.7. The molecule has 0 fully saturated rings. The smallest absolute Gasteiger partial charge is 0.220 e. The van der Waals surface area contributed by atoms with Crippen LogP contribution in [0.3, 0.4) is 0 Å². The summed E-state index contributed by atoms with van der Waals surface area (Å²) in [5.74, 6) is 0.176. The molecule has 0 rings (SSSR count). The average molecular weight is 292 g/mol. The van der Waals surface area contributed by atoms with Gasteiger partial charge in [-0.3, -0.25) is 4.79 Å². The van der Waals surface area contributed by atoms with Gasteiger partial charge < -0.3 is 5.32 Å². The van der Waals surface area contributed by atoms with Crippen molar-refractivity contribution in [1.29, 1.82) is 0 Å². The highest BCUT2D eigenvalue weighted by Gasteiger charge is 2.26. The second-order valence-electron chi connectivity index (χ2n) is 6.32. The van der Waals surface area contributed by atoms with Crippen molar-refractivity contribution in [2.75, 3.05) is 5.33 Å². The third kappa shape index (κ3) is 9.20. The summed E-state index contributed by atoms with van der Waals surface area (Å²) in [5, 5.41) is 4.10. The minimum absolute atomic E-state index is 0.107. The zero-order valence-corrected chi connectivity index (χ0v) is 12.9. The fourth-order valence-corrected chi connectivity index (χ4v) is 2.59. The van der Waals surface area contributed by atoms with Gasteiger partial charge in [0.05, 0.1) is 0 Å². The maximum Gasteiger partial charge on any atom is 0.220 e. The standard InChI is InChI=1S/C13H26BrNO/c1-12(2,3)10-13(4,5)15-11(16)8-6-7-9-14/h6-10H2,1-5H3,(H,15,16). The summed E-state index contributed by atoms with van der Waals surface area (Å²) in [6.07, 6.45) is 3.65. The van der Waals surface area contributed by atoms with Gasteiger partial charge in [-0.25, -0.2) is 0 Å². The first kappa shape index (κ1) is 16.0. The average Bonchev–Trinajstić information content (AvgIpc) is 1.98. The SMILES string of the molecule is CC(C)(C)CC(C)(C)NC(=O)CCCCBr. The van der Waals surface area contributed by atoms with Crippen molar-refractivity contribution < 1.29 is 4.79 Å². The molecule has 0 atom stereocenters. The van der Waals surface area contributed by atoms with Crippen LogP contribution in [0.15, 0.2) is 0 Å². The third-order valence-electron chi connectivity index (χ3n) is 2.24. The van der Waals surface area contributed by atoms with Gasteiger partial charge in [0, 0.05) is 17.3 Å². The third-order valence-corrected chi connectivity index (χ3v) is 2.80. The van der Waals surface area contributed by atoms with Crippen LogP contribution in [0.5, 0.6) is 0 Å². The lowest BCUT2D eigenvalue weighted by Crippen LogP contribution is -2.45. The lowest BCUT2D eigenvalue weighted by atomic mass is 9.82. The van der Waals surface area contributed by atoms with E-state index in [0.717, 1.165) is 24.6 Å². The number of rotatable bonds is 6. The van der Waals surface area contributed by atoms with Crippen molar-refractivity contribution in [2.24, 2.45) is 5.41 Å². The van der Waals surface area contributed by atoms with Crippen LogP contribution in [0, 0.1) is 5.41 Å². The maximum absolute atomic E-state index is 11.7. The number of nitrogens with one attached hydrogen (secondary N) is 1. The predicted octanol–water partition coefficient (Wildman–Crippen LogP) is 3.88. The van der Waals surface area contributed by atoms with Gasteiger partial charge in [-0.1, -0.05) is 36.7 Å². The van der Waals surface area contributed by atoms with E-state index in [9.17, 15) is 4.79 Å². The molecule has 2 nitrogen and oxygen atoms in total. The van der Waals surface area contributed by atoms with E-state index in [0.29, 0.717) is 6.42 Å². The van der Waals surface area contributed by atoms with Gasteiger partial charge in [0.1, 0.15) is 0 Å². The van der Waals surface area contributed by atoms with E-state index in [-0.39, 0.29) is 16.9 Å². The summed E-state index contributed by atoms with van der Waals surface area (Å²) in [5.41, 5.74) is 0.135. The zero-order chi connectivity index (χ0) is 12.8. The number of carbonyl (C=O) groups excluding carboxylic acids is 1. The van der Waals surface area contributed by atoms with E-state index in [4.69, 9.17) is 0 Å². The van der Waals surface area contributed by atoms with Crippen LogP contribution < -0.4 is 5.32 Å².